The highest BCUT2D eigenvalue weighted by Gasteiger charge is 2.68. The molecule has 3 heterocycles. The summed E-state index contributed by atoms with van der Waals surface area (Å²) in [6.45, 7) is 3.21. The topological polar surface area (TPSA) is 69.3 Å². The van der Waals surface area contributed by atoms with Crippen molar-refractivity contribution >= 4 is 0 Å². The van der Waals surface area contributed by atoms with Crippen molar-refractivity contribution in [2.75, 3.05) is 20.8 Å². The van der Waals surface area contributed by atoms with E-state index in [2.05, 4.69) is 36.1 Å². The van der Waals surface area contributed by atoms with E-state index < -0.39 is 0 Å². The first-order valence-corrected chi connectivity index (χ1v) is 10.4. The molecule has 5 heteroatoms. The zero-order valence-electron chi connectivity index (χ0n) is 17.1. The molecule has 4 rings (SSSR count). The molecule has 0 aliphatic carbocycles. The first-order valence-electron chi connectivity index (χ1n) is 10.4. The quantitative estimate of drug-likeness (QED) is 0.768. The molecule has 2 bridgehead atoms. The molecule has 0 amide bonds. The average molecular weight is 380 g/mol. The van der Waals surface area contributed by atoms with Crippen molar-refractivity contribution in [3.05, 3.63) is 23.3 Å². The summed E-state index contributed by atoms with van der Waals surface area (Å²) < 4.78 is 11.2. The van der Waals surface area contributed by atoms with Gasteiger partial charge in [-0.25, -0.2) is 0 Å². The number of fused-ring (bicyclic) bond motifs is 1. The summed E-state index contributed by atoms with van der Waals surface area (Å²) in [5.41, 5.74) is 2.12. The van der Waals surface area contributed by atoms with Crippen molar-refractivity contribution in [2.24, 2.45) is 11.3 Å². The van der Waals surface area contributed by atoms with Crippen LogP contribution < -0.4 is 9.47 Å². The SMILES string of the molecule is CC[C@]1(CCC#N)CC[C@H]2C[C@@H](C#N)[C@@]13c1cc(OC)c(OC)cc1CCN23. The zero-order chi connectivity index (χ0) is 19.9. The Kier molecular flexibility index (Phi) is 4.76. The summed E-state index contributed by atoms with van der Waals surface area (Å²) in [5.74, 6) is 1.42. The fourth-order valence-electron chi connectivity index (χ4n) is 6.73. The maximum absolute atomic E-state index is 10.3. The second-order valence-electron chi connectivity index (χ2n) is 8.48. The van der Waals surface area contributed by atoms with E-state index in [4.69, 9.17) is 9.47 Å². The summed E-state index contributed by atoms with van der Waals surface area (Å²) in [4.78, 5) is 2.64. The number of ether oxygens (including phenoxy) is 2. The summed E-state index contributed by atoms with van der Waals surface area (Å²) in [6, 6.07) is 9.79. The van der Waals surface area contributed by atoms with Gasteiger partial charge in [-0.3, -0.25) is 4.90 Å². The van der Waals surface area contributed by atoms with E-state index in [1.54, 1.807) is 14.2 Å². The molecular weight excluding hydrogens is 350 g/mol. The summed E-state index contributed by atoms with van der Waals surface area (Å²) >= 11 is 0. The molecule has 0 aromatic heterocycles. The van der Waals surface area contributed by atoms with Gasteiger partial charge in [-0.15, -0.1) is 0 Å². The Morgan fingerprint density at radius 1 is 1.21 bits per heavy atom. The van der Waals surface area contributed by atoms with E-state index in [1.807, 2.05) is 0 Å². The highest BCUT2D eigenvalue weighted by atomic mass is 16.5. The highest BCUT2D eigenvalue weighted by molar-refractivity contribution is 5.53. The van der Waals surface area contributed by atoms with Gasteiger partial charge >= 0.3 is 0 Å². The van der Waals surface area contributed by atoms with Gasteiger partial charge in [0, 0.05) is 19.0 Å². The second-order valence-corrected chi connectivity index (χ2v) is 8.48. The van der Waals surface area contributed by atoms with Crippen LogP contribution in [-0.4, -0.2) is 31.7 Å². The first kappa shape index (κ1) is 19.1. The van der Waals surface area contributed by atoms with Gasteiger partial charge < -0.3 is 9.47 Å². The van der Waals surface area contributed by atoms with Gasteiger partial charge in [-0.1, -0.05) is 6.92 Å². The standard InChI is InChI=1S/C23H29N3O2/c1-4-22(8-5-10-24)9-6-18-13-17(15-25)23(22)19-14-21(28-3)20(27-2)12-16(19)7-11-26(18)23/h12,14,17-18H,4-9,11,13H2,1-3H3/t17-,18-,22-,23+/m0/s1. The van der Waals surface area contributed by atoms with Crippen LogP contribution in [0.4, 0.5) is 0 Å². The molecule has 0 saturated carbocycles. The van der Waals surface area contributed by atoms with Crippen LogP contribution in [-0.2, 0) is 12.0 Å². The molecular formula is C23H29N3O2. The Balaban J connectivity index is 2.01. The fourth-order valence-corrected chi connectivity index (χ4v) is 6.73. The molecule has 3 aliphatic heterocycles. The van der Waals surface area contributed by atoms with E-state index in [0.717, 1.165) is 56.6 Å². The summed E-state index contributed by atoms with van der Waals surface area (Å²) in [7, 11) is 3.34. The van der Waals surface area contributed by atoms with Crippen molar-refractivity contribution in [1.29, 1.82) is 10.5 Å². The number of benzene rings is 1. The van der Waals surface area contributed by atoms with Crippen LogP contribution in [0.3, 0.4) is 0 Å². The first-order chi connectivity index (χ1) is 13.6. The lowest BCUT2D eigenvalue weighted by Crippen LogP contribution is -2.63. The molecule has 1 aromatic rings. The Hall–Kier alpha value is -2.24. The molecule has 0 radical (unpaired) electrons. The third-order valence-electron chi connectivity index (χ3n) is 7.86. The monoisotopic (exact) mass is 379 g/mol. The van der Waals surface area contributed by atoms with Crippen molar-refractivity contribution in [3.63, 3.8) is 0 Å². The molecule has 3 aliphatic rings. The normalized spacial score (nSPS) is 33.3. The Morgan fingerprint density at radius 3 is 2.61 bits per heavy atom. The van der Waals surface area contributed by atoms with E-state index >= 15 is 0 Å². The van der Waals surface area contributed by atoms with Crippen molar-refractivity contribution < 1.29 is 9.47 Å². The van der Waals surface area contributed by atoms with Gasteiger partial charge in [0.1, 0.15) is 0 Å². The van der Waals surface area contributed by atoms with Gasteiger partial charge in [0.25, 0.3) is 0 Å². The number of hydrogen-bond acceptors (Lipinski definition) is 5. The number of nitriles is 2. The second kappa shape index (κ2) is 6.98. The van der Waals surface area contributed by atoms with Crippen molar-refractivity contribution in [2.45, 2.75) is 63.5 Å². The van der Waals surface area contributed by atoms with Gasteiger partial charge in [0.05, 0.1) is 37.8 Å². The number of nitrogens with zero attached hydrogens (tertiary/aromatic N) is 3. The van der Waals surface area contributed by atoms with E-state index in [1.165, 1.54) is 11.1 Å². The molecule has 28 heavy (non-hydrogen) atoms. The Labute approximate surface area is 167 Å². The predicted molar refractivity (Wildman–Crippen MR) is 106 cm³/mol. The lowest BCUT2D eigenvalue weighted by Gasteiger charge is -2.61. The zero-order valence-corrected chi connectivity index (χ0v) is 17.1. The van der Waals surface area contributed by atoms with Crippen LogP contribution >= 0.6 is 0 Å². The van der Waals surface area contributed by atoms with E-state index in [0.29, 0.717) is 12.5 Å². The minimum absolute atomic E-state index is 0.0595. The molecule has 148 valence electrons. The van der Waals surface area contributed by atoms with Gasteiger partial charge in [0.15, 0.2) is 11.5 Å². The number of rotatable bonds is 5. The number of hydrogen-bond donors (Lipinski definition) is 0. The van der Waals surface area contributed by atoms with Gasteiger partial charge in [-0.05, 0) is 67.2 Å². The fraction of sp³-hybridized carbons (Fsp3) is 0.652. The maximum atomic E-state index is 10.3. The smallest absolute Gasteiger partial charge is 0.161 e. The minimum Gasteiger partial charge on any atom is -0.493 e. The lowest BCUT2D eigenvalue weighted by atomic mass is 9.53. The third-order valence-corrected chi connectivity index (χ3v) is 7.86. The highest BCUT2D eigenvalue weighted by Crippen LogP contribution is 2.67. The van der Waals surface area contributed by atoms with Crippen LogP contribution in [0.25, 0.3) is 0 Å². The van der Waals surface area contributed by atoms with Crippen LogP contribution in [0.2, 0.25) is 0 Å². The largest absolute Gasteiger partial charge is 0.493 e. The minimum atomic E-state index is -0.330. The average Bonchev–Trinajstić information content (AvgIpc) is 3.01. The van der Waals surface area contributed by atoms with Crippen LogP contribution in [0.15, 0.2) is 12.1 Å². The molecule has 2 saturated heterocycles. The van der Waals surface area contributed by atoms with E-state index in [9.17, 15) is 10.5 Å². The van der Waals surface area contributed by atoms with Gasteiger partial charge in [-0.2, -0.15) is 10.5 Å². The van der Waals surface area contributed by atoms with Crippen LogP contribution in [0, 0.1) is 34.0 Å². The number of piperidine rings is 1. The molecule has 2 fully saturated rings. The number of methoxy groups -OCH3 is 2. The van der Waals surface area contributed by atoms with E-state index in [-0.39, 0.29) is 16.9 Å². The summed E-state index contributed by atoms with van der Waals surface area (Å²) in [5, 5.41) is 19.6. The van der Waals surface area contributed by atoms with Crippen LogP contribution in [0.5, 0.6) is 11.5 Å². The molecule has 0 unspecified atom stereocenters. The van der Waals surface area contributed by atoms with Gasteiger partial charge in [0.2, 0.25) is 0 Å². The molecule has 0 spiro atoms. The molecule has 5 nitrogen and oxygen atoms in total. The molecule has 1 aromatic carbocycles. The third kappa shape index (κ3) is 2.26. The van der Waals surface area contributed by atoms with Crippen molar-refractivity contribution in [1.82, 2.24) is 4.90 Å². The summed E-state index contributed by atoms with van der Waals surface area (Å²) in [6.07, 6.45) is 6.46. The maximum Gasteiger partial charge on any atom is 0.161 e. The van der Waals surface area contributed by atoms with Crippen molar-refractivity contribution in [3.8, 4) is 23.6 Å². The Bertz CT molecular complexity index is 855. The Morgan fingerprint density at radius 2 is 1.96 bits per heavy atom. The molecule has 4 atom stereocenters. The van der Waals surface area contributed by atoms with Crippen LogP contribution in [0.1, 0.15) is 56.6 Å². The molecule has 0 N–H and O–H groups in total. The lowest BCUT2D eigenvalue weighted by molar-refractivity contribution is -0.0977. The predicted octanol–water partition coefficient (Wildman–Crippen LogP) is 4.16.